The maximum Gasteiger partial charge on any atom is 0.416 e. The third-order valence-corrected chi connectivity index (χ3v) is 3.43. The van der Waals surface area contributed by atoms with Crippen LogP contribution in [-0.4, -0.2) is 16.3 Å². The molecule has 0 aliphatic heterocycles. The van der Waals surface area contributed by atoms with E-state index in [4.69, 9.17) is 5.11 Å². The van der Waals surface area contributed by atoms with Crippen LogP contribution in [0.15, 0.2) is 29.2 Å². The maximum absolute atomic E-state index is 12.4. The van der Waals surface area contributed by atoms with Gasteiger partial charge in [0.05, 0.1) is 5.56 Å². The van der Waals surface area contributed by atoms with Crippen LogP contribution in [0.25, 0.3) is 0 Å². The zero-order valence-corrected chi connectivity index (χ0v) is 11.0. The monoisotopic (exact) mass is 300 g/mol. The van der Waals surface area contributed by atoms with Crippen LogP contribution in [0, 0.1) is 0 Å². The second-order valence-electron chi connectivity index (χ2n) is 3.38. The number of rotatable bonds is 4. The highest BCUT2D eigenvalue weighted by atomic mass is 35.5. The van der Waals surface area contributed by atoms with E-state index in [0.29, 0.717) is 11.3 Å². The highest BCUT2D eigenvalue weighted by Gasteiger charge is 2.30. The Labute approximate surface area is 113 Å². The van der Waals surface area contributed by atoms with E-state index < -0.39 is 23.0 Å². The molecule has 0 bridgehead atoms. The number of hydrogen-bond donors (Lipinski definition) is 1. The third kappa shape index (κ3) is 4.78. The molecule has 1 N–H and O–H groups in total. The van der Waals surface area contributed by atoms with E-state index in [1.54, 1.807) is 6.92 Å². The molecule has 1 rings (SSSR count). The van der Waals surface area contributed by atoms with Gasteiger partial charge in [-0.15, -0.1) is 24.2 Å². The summed E-state index contributed by atoms with van der Waals surface area (Å²) in [6.07, 6.45) is -4.04. The van der Waals surface area contributed by atoms with Gasteiger partial charge in [0.25, 0.3) is 0 Å². The number of alkyl halides is 3. The normalized spacial score (nSPS) is 12.7. The Morgan fingerprint density at radius 3 is 2.50 bits per heavy atom. The Bertz CT molecular complexity index is 410. The van der Waals surface area contributed by atoms with Crippen molar-refractivity contribution in [2.75, 3.05) is 0 Å². The molecule has 0 heterocycles. The second-order valence-corrected chi connectivity index (χ2v) is 4.65. The van der Waals surface area contributed by atoms with Crippen molar-refractivity contribution in [3.8, 4) is 0 Å². The topological polar surface area (TPSA) is 37.3 Å². The summed E-state index contributed by atoms with van der Waals surface area (Å²) in [4.78, 5) is 11.1. The fourth-order valence-electron chi connectivity index (χ4n) is 1.22. The molecule has 0 fully saturated rings. The Morgan fingerprint density at radius 1 is 1.44 bits per heavy atom. The first kappa shape index (κ1) is 17.1. The van der Waals surface area contributed by atoms with Crippen molar-refractivity contribution in [3.05, 3.63) is 29.8 Å². The van der Waals surface area contributed by atoms with Gasteiger partial charge in [0, 0.05) is 4.90 Å². The van der Waals surface area contributed by atoms with Crippen LogP contribution < -0.4 is 0 Å². The molecule has 102 valence electrons. The van der Waals surface area contributed by atoms with E-state index in [1.807, 2.05) is 0 Å². The van der Waals surface area contributed by atoms with Crippen LogP contribution in [0.2, 0.25) is 0 Å². The molecule has 0 saturated heterocycles. The first-order valence-corrected chi connectivity index (χ1v) is 5.79. The van der Waals surface area contributed by atoms with Crippen molar-refractivity contribution in [1.29, 1.82) is 0 Å². The van der Waals surface area contributed by atoms with Crippen molar-refractivity contribution in [3.63, 3.8) is 0 Å². The van der Waals surface area contributed by atoms with Crippen molar-refractivity contribution in [1.82, 2.24) is 0 Å². The van der Waals surface area contributed by atoms with Crippen LogP contribution in [0.4, 0.5) is 13.2 Å². The number of hydrogen-bond acceptors (Lipinski definition) is 2. The molecule has 1 aromatic carbocycles. The van der Waals surface area contributed by atoms with E-state index >= 15 is 0 Å². The highest BCUT2D eigenvalue weighted by Crippen LogP contribution is 2.33. The minimum Gasteiger partial charge on any atom is -0.480 e. The van der Waals surface area contributed by atoms with Crippen LogP contribution in [0.3, 0.4) is 0 Å². The lowest BCUT2D eigenvalue weighted by Gasteiger charge is -2.11. The number of carboxylic acid groups (broad SMARTS) is 1. The predicted molar refractivity (Wildman–Crippen MR) is 66.3 cm³/mol. The van der Waals surface area contributed by atoms with E-state index in [9.17, 15) is 18.0 Å². The number of carboxylic acids is 1. The van der Waals surface area contributed by atoms with Gasteiger partial charge in [0.2, 0.25) is 0 Å². The lowest BCUT2D eigenvalue weighted by Crippen LogP contribution is -2.14. The molecule has 1 aromatic rings. The quantitative estimate of drug-likeness (QED) is 0.851. The van der Waals surface area contributed by atoms with Crippen molar-refractivity contribution >= 4 is 30.1 Å². The summed E-state index contributed by atoms with van der Waals surface area (Å²) < 4.78 is 37.3. The van der Waals surface area contributed by atoms with Crippen molar-refractivity contribution in [2.24, 2.45) is 0 Å². The summed E-state index contributed by atoms with van der Waals surface area (Å²) in [5.41, 5.74) is -0.761. The number of aliphatic carboxylic acids is 1. The molecule has 0 amide bonds. The van der Waals surface area contributed by atoms with Gasteiger partial charge in [-0.2, -0.15) is 13.2 Å². The molecule has 0 aliphatic rings. The van der Waals surface area contributed by atoms with Gasteiger partial charge in [0.15, 0.2) is 0 Å². The first-order chi connectivity index (χ1) is 7.84. The van der Waals surface area contributed by atoms with Gasteiger partial charge in [-0.05, 0) is 24.6 Å². The maximum atomic E-state index is 12.4. The van der Waals surface area contributed by atoms with Gasteiger partial charge in [0.1, 0.15) is 5.25 Å². The minimum atomic E-state index is -4.40. The lowest BCUT2D eigenvalue weighted by atomic mass is 10.2. The standard InChI is InChI=1S/C11H11F3O2S.ClH/c1-2-9(10(15)16)17-8-5-3-4-7(6-8)11(12,13)14;/h3-6,9H,2H2,1H3,(H,15,16);1H. The smallest absolute Gasteiger partial charge is 0.416 e. The fourth-order valence-corrected chi connectivity index (χ4v) is 2.17. The van der Waals surface area contributed by atoms with Crippen molar-refractivity contribution in [2.45, 2.75) is 29.7 Å². The highest BCUT2D eigenvalue weighted by molar-refractivity contribution is 8.00. The molecule has 18 heavy (non-hydrogen) atoms. The first-order valence-electron chi connectivity index (χ1n) is 4.91. The van der Waals surface area contributed by atoms with E-state index in [1.165, 1.54) is 12.1 Å². The summed E-state index contributed by atoms with van der Waals surface area (Å²) in [6.45, 7) is 1.68. The van der Waals surface area contributed by atoms with Crippen molar-refractivity contribution < 1.29 is 23.1 Å². The molecule has 2 nitrogen and oxygen atoms in total. The number of halogens is 4. The average Bonchev–Trinajstić information content (AvgIpc) is 2.24. The van der Waals surface area contributed by atoms with Crippen LogP contribution >= 0.6 is 24.2 Å². The molecule has 0 aromatic heterocycles. The molecule has 0 radical (unpaired) electrons. The Kier molecular flexibility index (Phi) is 6.56. The largest absolute Gasteiger partial charge is 0.480 e. The molecular formula is C11H12ClF3O2S. The average molecular weight is 301 g/mol. The lowest BCUT2D eigenvalue weighted by molar-refractivity contribution is -0.138. The van der Waals surface area contributed by atoms with Gasteiger partial charge in [-0.3, -0.25) is 4.79 Å². The molecular weight excluding hydrogens is 289 g/mol. The number of benzene rings is 1. The van der Waals surface area contributed by atoms with Gasteiger partial charge in [-0.25, -0.2) is 0 Å². The summed E-state index contributed by atoms with van der Waals surface area (Å²) in [7, 11) is 0. The zero-order chi connectivity index (χ0) is 13.1. The molecule has 7 heteroatoms. The predicted octanol–water partition coefficient (Wildman–Crippen LogP) is 4.08. The van der Waals surface area contributed by atoms with Crippen LogP contribution in [-0.2, 0) is 11.0 Å². The van der Waals surface area contributed by atoms with E-state index in [2.05, 4.69) is 0 Å². The number of thioether (sulfide) groups is 1. The van der Waals surface area contributed by atoms with Gasteiger partial charge < -0.3 is 5.11 Å². The molecule has 0 aliphatic carbocycles. The number of carbonyl (C=O) groups is 1. The SMILES string of the molecule is CCC(Sc1cccc(C(F)(F)F)c1)C(=O)O.Cl. The minimum absolute atomic E-state index is 0. The summed E-state index contributed by atoms with van der Waals surface area (Å²) in [5.74, 6) is -1.02. The van der Waals surface area contributed by atoms with Crippen LogP contribution in [0.5, 0.6) is 0 Å². The van der Waals surface area contributed by atoms with E-state index in [0.717, 1.165) is 23.9 Å². The third-order valence-electron chi connectivity index (χ3n) is 2.09. The molecule has 1 unspecified atom stereocenters. The molecule has 0 spiro atoms. The Morgan fingerprint density at radius 2 is 2.06 bits per heavy atom. The zero-order valence-electron chi connectivity index (χ0n) is 9.40. The van der Waals surface area contributed by atoms with Gasteiger partial charge in [-0.1, -0.05) is 13.0 Å². The molecule has 0 saturated carbocycles. The summed E-state index contributed by atoms with van der Waals surface area (Å²) >= 11 is 0.928. The fraction of sp³-hybridized carbons (Fsp3) is 0.364. The summed E-state index contributed by atoms with van der Waals surface area (Å²) in [5, 5.41) is 8.10. The van der Waals surface area contributed by atoms with Gasteiger partial charge >= 0.3 is 12.1 Å². The molecule has 1 atom stereocenters. The second kappa shape index (κ2) is 6.89. The summed E-state index contributed by atoms with van der Waals surface area (Å²) in [6, 6.07) is 4.69. The Balaban J connectivity index is 0.00000289. The van der Waals surface area contributed by atoms with Crippen LogP contribution in [0.1, 0.15) is 18.9 Å². The Hall–Kier alpha value is -0.880. The van der Waals surface area contributed by atoms with E-state index in [-0.39, 0.29) is 12.4 Å².